The zero-order valence-electron chi connectivity index (χ0n) is 11.7. The van der Waals surface area contributed by atoms with Crippen molar-refractivity contribution in [2.45, 2.75) is 32.5 Å². The molecule has 0 bridgehead atoms. The lowest BCUT2D eigenvalue weighted by atomic mass is 9.94. The van der Waals surface area contributed by atoms with Crippen LogP contribution in [0.1, 0.15) is 31.1 Å². The van der Waals surface area contributed by atoms with Gasteiger partial charge in [-0.05, 0) is 31.5 Å². The Morgan fingerprint density at radius 2 is 2.00 bits per heavy atom. The molecule has 0 fully saturated rings. The largest absolute Gasteiger partial charge is 0.338 e. The van der Waals surface area contributed by atoms with Crippen LogP contribution in [0.3, 0.4) is 0 Å². The lowest BCUT2D eigenvalue weighted by molar-refractivity contribution is 0.360. The van der Waals surface area contributed by atoms with Gasteiger partial charge in [-0.25, -0.2) is 0 Å². The number of hydrogen-bond donors (Lipinski definition) is 2. The van der Waals surface area contributed by atoms with Crippen molar-refractivity contribution in [2.75, 3.05) is 0 Å². The minimum atomic E-state index is -0.308. The van der Waals surface area contributed by atoms with Crippen LogP contribution in [0.25, 0.3) is 0 Å². The molecule has 0 aliphatic rings. The highest BCUT2D eigenvalue weighted by Crippen LogP contribution is 2.28. The summed E-state index contributed by atoms with van der Waals surface area (Å²) in [7, 11) is 0. The van der Waals surface area contributed by atoms with Gasteiger partial charge in [-0.15, -0.1) is 12.4 Å². The summed E-state index contributed by atoms with van der Waals surface area (Å²) in [5.41, 5.74) is 6.14. The summed E-state index contributed by atoms with van der Waals surface area (Å²) in [6.45, 7) is 4.78. The molecule has 1 heterocycles. The van der Waals surface area contributed by atoms with Crippen LogP contribution in [0.2, 0.25) is 10.0 Å². The van der Waals surface area contributed by atoms with Gasteiger partial charge in [-0.3, -0.25) is 0 Å². The molecule has 1 aromatic carbocycles. The number of nitrogens with zero attached hydrogens (tertiary/aromatic N) is 2. The fourth-order valence-electron chi connectivity index (χ4n) is 1.73. The van der Waals surface area contributed by atoms with Gasteiger partial charge in [0.05, 0.1) is 23.1 Å². The van der Waals surface area contributed by atoms with Crippen LogP contribution in [-0.4, -0.2) is 10.1 Å². The summed E-state index contributed by atoms with van der Waals surface area (Å²) in [5.74, 6) is 0.993. The normalized spacial score (nSPS) is 11.3. The van der Waals surface area contributed by atoms with E-state index >= 15 is 0 Å². The number of benzene rings is 1. The molecule has 116 valence electrons. The van der Waals surface area contributed by atoms with Gasteiger partial charge < -0.3 is 15.6 Å². The Hall–Kier alpha value is -0.850. The molecule has 5 nitrogen and oxygen atoms in total. The van der Waals surface area contributed by atoms with Crippen molar-refractivity contribution < 1.29 is 4.52 Å². The van der Waals surface area contributed by atoms with Gasteiger partial charge in [0.2, 0.25) is 5.89 Å². The first kappa shape index (κ1) is 18.2. The molecule has 0 atom stereocenters. The van der Waals surface area contributed by atoms with Gasteiger partial charge in [0.1, 0.15) is 0 Å². The molecule has 2 aromatic rings. The number of rotatable bonds is 5. The second kappa shape index (κ2) is 7.42. The molecule has 0 radical (unpaired) electrons. The van der Waals surface area contributed by atoms with Crippen LogP contribution in [0.15, 0.2) is 22.7 Å². The van der Waals surface area contributed by atoms with E-state index in [4.69, 9.17) is 33.5 Å². The van der Waals surface area contributed by atoms with E-state index < -0.39 is 0 Å². The summed E-state index contributed by atoms with van der Waals surface area (Å²) in [5, 5.41) is 8.26. The minimum absolute atomic E-state index is 0. The second-order valence-electron chi connectivity index (χ2n) is 4.92. The number of aromatic nitrogens is 2. The van der Waals surface area contributed by atoms with E-state index in [0.717, 1.165) is 5.56 Å². The molecular formula is C13H17Cl3N4O. The smallest absolute Gasteiger partial charge is 0.240 e. The second-order valence-corrected chi connectivity index (χ2v) is 5.73. The number of nitrogens with two attached hydrogens (primary N) is 1. The molecule has 0 aliphatic heterocycles. The third-order valence-electron chi connectivity index (χ3n) is 3.01. The van der Waals surface area contributed by atoms with Crippen molar-refractivity contribution in [3.8, 4) is 0 Å². The first-order valence-electron chi connectivity index (χ1n) is 6.14. The van der Waals surface area contributed by atoms with Crippen molar-refractivity contribution in [1.29, 1.82) is 0 Å². The van der Waals surface area contributed by atoms with E-state index in [1.54, 1.807) is 6.07 Å². The molecule has 0 aliphatic carbocycles. The fraction of sp³-hybridized carbons (Fsp3) is 0.385. The molecule has 0 saturated carbocycles. The quantitative estimate of drug-likeness (QED) is 0.864. The van der Waals surface area contributed by atoms with E-state index in [1.165, 1.54) is 0 Å². The van der Waals surface area contributed by atoms with Crippen molar-refractivity contribution in [2.24, 2.45) is 5.73 Å². The zero-order valence-corrected chi connectivity index (χ0v) is 14.0. The van der Waals surface area contributed by atoms with Crippen LogP contribution < -0.4 is 11.1 Å². The molecule has 0 amide bonds. The maximum absolute atomic E-state index is 6.05. The van der Waals surface area contributed by atoms with Gasteiger partial charge >= 0.3 is 0 Å². The molecule has 0 unspecified atom stereocenters. The Bertz CT molecular complexity index is 601. The van der Waals surface area contributed by atoms with E-state index in [0.29, 0.717) is 28.3 Å². The molecule has 0 saturated heterocycles. The topological polar surface area (TPSA) is 77.0 Å². The lowest BCUT2D eigenvalue weighted by Crippen LogP contribution is -2.36. The van der Waals surface area contributed by atoms with Gasteiger partial charge in [0, 0.05) is 5.54 Å². The first-order valence-corrected chi connectivity index (χ1v) is 6.90. The van der Waals surface area contributed by atoms with E-state index in [2.05, 4.69) is 15.5 Å². The molecule has 1 aromatic heterocycles. The van der Waals surface area contributed by atoms with Gasteiger partial charge in [0.25, 0.3) is 0 Å². The monoisotopic (exact) mass is 350 g/mol. The van der Waals surface area contributed by atoms with Crippen molar-refractivity contribution in [1.82, 2.24) is 15.5 Å². The van der Waals surface area contributed by atoms with Crippen LogP contribution in [0.5, 0.6) is 0 Å². The molecule has 8 heteroatoms. The number of halogens is 3. The number of nitrogens with one attached hydrogen (secondary N) is 1. The highest BCUT2D eigenvalue weighted by atomic mass is 35.5. The van der Waals surface area contributed by atoms with Crippen LogP contribution in [0.4, 0.5) is 0 Å². The van der Waals surface area contributed by atoms with Crippen molar-refractivity contribution in [3.63, 3.8) is 0 Å². The third-order valence-corrected chi connectivity index (χ3v) is 3.75. The molecular weight excluding hydrogens is 335 g/mol. The van der Waals surface area contributed by atoms with Crippen LogP contribution in [-0.2, 0) is 18.6 Å². The maximum atomic E-state index is 6.05. The van der Waals surface area contributed by atoms with Crippen molar-refractivity contribution in [3.05, 3.63) is 45.5 Å². The minimum Gasteiger partial charge on any atom is -0.338 e. The van der Waals surface area contributed by atoms with Crippen molar-refractivity contribution >= 4 is 35.6 Å². The van der Waals surface area contributed by atoms with Gasteiger partial charge in [-0.2, -0.15) is 4.98 Å². The average molecular weight is 352 g/mol. The van der Waals surface area contributed by atoms with E-state index in [9.17, 15) is 0 Å². The Labute approximate surface area is 139 Å². The van der Waals surface area contributed by atoms with Gasteiger partial charge in [-0.1, -0.05) is 34.4 Å². The first-order chi connectivity index (χ1) is 9.42. The predicted molar refractivity (Wildman–Crippen MR) is 85.8 cm³/mol. The van der Waals surface area contributed by atoms with E-state index in [-0.39, 0.29) is 24.5 Å². The van der Waals surface area contributed by atoms with Crippen LogP contribution in [0, 0.1) is 0 Å². The van der Waals surface area contributed by atoms with Crippen LogP contribution >= 0.6 is 35.6 Å². The Kier molecular flexibility index (Phi) is 6.43. The fourth-order valence-corrected chi connectivity index (χ4v) is 2.03. The summed E-state index contributed by atoms with van der Waals surface area (Å²) in [6, 6.07) is 5.56. The predicted octanol–water partition coefficient (Wildman–Crippen LogP) is 3.28. The number of hydrogen-bond acceptors (Lipinski definition) is 5. The molecule has 0 spiro atoms. The Morgan fingerprint density at radius 1 is 1.29 bits per heavy atom. The highest BCUT2D eigenvalue weighted by Gasteiger charge is 2.21. The maximum Gasteiger partial charge on any atom is 0.240 e. The Morgan fingerprint density at radius 3 is 2.57 bits per heavy atom. The zero-order chi connectivity index (χ0) is 14.8. The summed E-state index contributed by atoms with van der Waals surface area (Å²) in [6.07, 6.45) is 0. The van der Waals surface area contributed by atoms with E-state index in [1.807, 2.05) is 26.0 Å². The Balaban J connectivity index is 0.00000220. The average Bonchev–Trinajstić information content (AvgIpc) is 2.87. The third kappa shape index (κ3) is 4.56. The van der Waals surface area contributed by atoms with Gasteiger partial charge in [0.15, 0.2) is 5.82 Å². The molecule has 21 heavy (non-hydrogen) atoms. The molecule has 2 rings (SSSR count). The SMILES string of the molecule is CC(C)(NCc1noc(CN)n1)c1ccc(Cl)c(Cl)c1.Cl. The molecule has 3 N–H and O–H groups in total. The summed E-state index contributed by atoms with van der Waals surface area (Å²) in [4.78, 5) is 4.14. The highest BCUT2D eigenvalue weighted by molar-refractivity contribution is 6.42. The summed E-state index contributed by atoms with van der Waals surface area (Å²) >= 11 is 12.0. The standard InChI is InChI=1S/C13H16Cl2N4O.ClH/c1-13(2,8-3-4-9(14)10(15)5-8)17-7-11-18-12(6-16)20-19-11;/h3-5,17H,6-7,16H2,1-2H3;1H. The summed E-state index contributed by atoms with van der Waals surface area (Å²) < 4.78 is 4.95. The lowest BCUT2D eigenvalue weighted by Gasteiger charge is -2.26.